The number of aromatic nitrogens is 4. The lowest BCUT2D eigenvalue weighted by Crippen LogP contribution is -2.39. The Hall–Kier alpha value is -3.35. The molecule has 0 spiro atoms. The van der Waals surface area contributed by atoms with Gasteiger partial charge in [0.2, 0.25) is 5.88 Å². The summed E-state index contributed by atoms with van der Waals surface area (Å²) in [5.74, 6) is 1.20. The van der Waals surface area contributed by atoms with Gasteiger partial charge in [-0.25, -0.2) is 9.97 Å². The van der Waals surface area contributed by atoms with Crippen LogP contribution in [0.5, 0.6) is 11.6 Å². The van der Waals surface area contributed by atoms with E-state index in [-0.39, 0.29) is 11.8 Å². The highest BCUT2D eigenvalue weighted by molar-refractivity contribution is 5.92. The second-order valence-corrected chi connectivity index (χ2v) is 6.80. The summed E-state index contributed by atoms with van der Waals surface area (Å²) in [4.78, 5) is 31.6. The smallest absolute Gasteiger partial charge is 0.274 e. The van der Waals surface area contributed by atoms with Crippen LogP contribution in [-0.4, -0.2) is 43.8 Å². The molecule has 4 rings (SSSR count). The van der Waals surface area contributed by atoms with E-state index < -0.39 is 0 Å². The van der Waals surface area contributed by atoms with Crippen molar-refractivity contribution in [2.24, 2.45) is 0 Å². The molecule has 7 heteroatoms. The first kappa shape index (κ1) is 18.0. The molecular formula is C21H21N5O2. The summed E-state index contributed by atoms with van der Waals surface area (Å²) in [6.07, 6.45) is 9.70. The molecule has 1 aromatic carbocycles. The van der Waals surface area contributed by atoms with Crippen molar-refractivity contribution >= 4 is 5.91 Å². The van der Waals surface area contributed by atoms with Crippen LogP contribution in [-0.2, 0) is 0 Å². The van der Waals surface area contributed by atoms with E-state index in [0.717, 1.165) is 29.8 Å². The van der Waals surface area contributed by atoms with Crippen molar-refractivity contribution in [3.8, 4) is 11.6 Å². The van der Waals surface area contributed by atoms with Gasteiger partial charge >= 0.3 is 0 Å². The lowest BCUT2D eigenvalue weighted by atomic mass is 9.94. The van der Waals surface area contributed by atoms with Crippen molar-refractivity contribution in [3.63, 3.8) is 0 Å². The zero-order chi connectivity index (χ0) is 19.3. The van der Waals surface area contributed by atoms with Crippen LogP contribution in [0.4, 0.5) is 0 Å². The van der Waals surface area contributed by atoms with Gasteiger partial charge < -0.3 is 9.64 Å². The van der Waals surface area contributed by atoms with E-state index in [0.29, 0.717) is 24.7 Å². The number of carbonyl (C=O) groups is 1. The molecule has 1 saturated heterocycles. The zero-order valence-corrected chi connectivity index (χ0v) is 15.7. The summed E-state index contributed by atoms with van der Waals surface area (Å²) >= 11 is 0. The maximum Gasteiger partial charge on any atom is 0.274 e. The SMILES string of the molecule is Cc1ccccc1Oc1nccnc1[C@H]1CCCN(C(=O)c2cnccn2)C1. The van der Waals surface area contributed by atoms with E-state index in [2.05, 4.69) is 19.9 Å². The fourth-order valence-electron chi connectivity index (χ4n) is 3.43. The highest BCUT2D eigenvalue weighted by atomic mass is 16.5. The normalized spacial score (nSPS) is 16.6. The van der Waals surface area contributed by atoms with Crippen molar-refractivity contribution in [2.45, 2.75) is 25.7 Å². The molecule has 142 valence electrons. The molecule has 2 aromatic heterocycles. The van der Waals surface area contributed by atoms with E-state index >= 15 is 0 Å². The van der Waals surface area contributed by atoms with Crippen LogP contribution >= 0.6 is 0 Å². The first-order valence-electron chi connectivity index (χ1n) is 9.32. The van der Waals surface area contributed by atoms with Crippen molar-refractivity contribution in [1.82, 2.24) is 24.8 Å². The lowest BCUT2D eigenvalue weighted by Gasteiger charge is -2.32. The number of nitrogens with zero attached hydrogens (tertiary/aromatic N) is 5. The molecule has 1 amide bonds. The summed E-state index contributed by atoms with van der Waals surface area (Å²) < 4.78 is 6.07. The van der Waals surface area contributed by atoms with Gasteiger partial charge in [-0.05, 0) is 31.4 Å². The van der Waals surface area contributed by atoms with Gasteiger partial charge in [0.15, 0.2) is 0 Å². The third-order valence-corrected chi connectivity index (χ3v) is 4.87. The topological polar surface area (TPSA) is 81.1 Å². The quantitative estimate of drug-likeness (QED) is 0.695. The predicted molar refractivity (Wildman–Crippen MR) is 103 cm³/mol. The molecule has 1 fully saturated rings. The first-order valence-corrected chi connectivity index (χ1v) is 9.32. The minimum atomic E-state index is -0.108. The number of likely N-dealkylation sites (tertiary alicyclic amines) is 1. The number of ether oxygens (including phenoxy) is 1. The van der Waals surface area contributed by atoms with Crippen molar-refractivity contribution in [2.75, 3.05) is 13.1 Å². The second kappa shape index (κ2) is 8.12. The maximum absolute atomic E-state index is 12.8. The summed E-state index contributed by atoms with van der Waals surface area (Å²) in [7, 11) is 0. The highest BCUT2D eigenvalue weighted by Crippen LogP contribution is 2.33. The second-order valence-electron chi connectivity index (χ2n) is 6.80. The van der Waals surface area contributed by atoms with E-state index in [1.165, 1.54) is 12.4 Å². The van der Waals surface area contributed by atoms with Crippen LogP contribution in [0.3, 0.4) is 0 Å². The van der Waals surface area contributed by atoms with Crippen LogP contribution in [0.1, 0.15) is 40.5 Å². The van der Waals surface area contributed by atoms with E-state index in [1.807, 2.05) is 36.1 Å². The van der Waals surface area contributed by atoms with Crippen LogP contribution < -0.4 is 4.74 Å². The Morgan fingerprint density at radius 1 is 1.11 bits per heavy atom. The molecular weight excluding hydrogens is 354 g/mol. The van der Waals surface area contributed by atoms with Gasteiger partial charge in [0.1, 0.15) is 17.1 Å². The highest BCUT2D eigenvalue weighted by Gasteiger charge is 2.29. The predicted octanol–water partition coefficient (Wildman–Crippen LogP) is 3.39. The Labute approximate surface area is 163 Å². The Morgan fingerprint density at radius 2 is 1.93 bits per heavy atom. The number of hydrogen-bond acceptors (Lipinski definition) is 6. The van der Waals surface area contributed by atoms with Gasteiger partial charge in [0.25, 0.3) is 5.91 Å². The number of hydrogen-bond donors (Lipinski definition) is 0. The van der Waals surface area contributed by atoms with Crippen LogP contribution in [0.2, 0.25) is 0 Å². The van der Waals surface area contributed by atoms with Gasteiger partial charge in [0.05, 0.1) is 6.20 Å². The average Bonchev–Trinajstić information content (AvgIpc) is 2.76. The van der Waals surface area contributed by atoms with E-state index in [9.17, 15) is 4.79 Å². The van der Waals surface area contributed by atoms with Crippen LogP contribution in [0, 0.1) is 6.92 Å². The number of amides is 1. The van der Waals surface area contributed by atoms with Crippen molar-refractivity contribution in [3.05, 3.63) is 72.2 Å². The van der Waals surface area contributed by atoms with E-state index in [4.69, 9.17) is 4.74 Å². The number of carbonyl (C=O) groups excluding carboxylic acids is 1. The fourth-order valence-corrected chi connectivity index (χ4v) is 3.43. The summed E-state index contributed by atoms with van der Waals surface area (Å²) in [5, 5.41) is 0. The number of rotatable bonds is 4. The molecule has 0 N–H and O–H groups in total. The summed E-state index contributed by atoms with van der Waals surface area (Å²) in [6.45, 7) is 3.24. The molecule has 1 aliphatic heterocycles. The number of piperidine rings is 1. The molecule has 0 aliphatic carbocycles. The third-order valence-electron chi connectivity index (χ3n) is 4.87. The van der Waals surface area contributed by atoms with Crippen molar-refractivity contribution in [1.29, 1.82) is 0 Å². The third kappa shape index (κ3) is 3.83. The minimum absolute atomic E-state index is 0.0575. The number of aryl methyl sites for hydroxylation is 1. The van der Waals surface area contributed by atoms with Crippen LogP contribution in [0.25, 0.3) is 0 Å². The summed E-state index contributed by atoms with van der Waals surface area (Å²) in [5.41, 5.74) is 2.17. The van der Waals surface area contributed by atoms with Gasteiger partial charge in [-0.1, -0.05) is 18.2 Å². The first-order chi connectivity index (χ1) is 13.7. The molecule has 0 bridgehead atoms. The molecule has 3 heterocycles. The summed E-state index contributed by atoms with van der Waals surface area (Å²) in [6, 6.07) is 7.81. The monoisotopic (exact) mass is 375 g/mol. The molecule has 1 atom stereocenters. The molecule has 0 saturated carbocycles. The van der Waals surface area contributed by atoms with Crippen molar-refractivity contribution < 1.29 is 9.53 Å². The Kier molecular flexibility index (Phi) is 5.23. The fraction of sp³-hybridized carbons (Fsp3) is 0.286. The van der Waals surface area contributed by atoms with Gasteiger partial charge in [0, 0.05) is 43.8 Å². The van der Waals surface area contributed by atoms with E-state index in [1.54, 1.807) is 18.6 Å². The molecule has 1 aliphatic rings. The number of para-hydroxylation sites is 1. The Morgan fingerprint density at radius 3 is 2.75 bits per heavy atom. The van der Waals surface area contributed by atoms with Gasteiger partial charge in [-0.3, -0.25) is 14.8 Å². The van der Waals surface area contributed by atoms with Gasteiger partial charge in [-0.2, -0.15) is 0 Å². The number of benzene rings is 1. The largest absolute Gasteiger partial charge is 0.437 e. The lowest BCUT2D eigenvalue weighted by molar-refractivity contribution is 0.0698. The standard InChI is InChI=1S/C21H21N5O2/c1-15-5-2-3-7-18(15)28-20-19(24-10-11-25-20)16-6-4-12-26(14-16)21(27)17-13-22-8-9-23-17/h2-3,5,7-11,13,16H,4,6,12,14H2,1H3/t16-/m0/s1. The van der Waals surface area contributed by atoms with Gasteiger partial charge in [-0.15, -0.1) is 0 Å². The molecule has 0 unspecified atom stereocenters. The Balaban J connectivity index is 1.56. The molecule has 7 nitrogen and oxygen atoms in total. The molecule has 0 radical (unpaired) electrons. The molecule has 28 heavy (non-hydrogen) atoms. The Bertz CT molecular complexity index is 964. The zero-order valence-electron chi connectivity index (χ0n) is 15.7. The van der Waals surface area contributed by atoms with Crippen LogP contribution in [0.15, 0.2) is 55.2 Å². The molecule has 3 aromatic rings. The average molecular weight is 375 g/mol. The maximum atomic E-state index is 12.8. The minimum Gasteiger partial charge on any atom is -0.437 e.